The van der Waals surface area contributed by atoms with Crippen molar-refractivity contribution in [2.24, 2.45) is 0 Å². The average molecular weight is 277 g/mol. The standard InChI is InChI=1S/C13H9ClN2O3/c14-12-4-2-10(16(17)18)13(15-12)9-1-3-11-8(7-9)5-6-19-11/h1-4,7H,5-6H2. The van der Waals surface area contributed by atoms with Gasteiger partial charge in [0, 0.05) is 18.1 Å². The Morgan fingerprint density at radius 2 is 2.16 bits per heavy atom. The molecule has 0 N–H and O–H groups in total. The topological polar surface area (TPSA) is 65.3 Å². The predicted octanol–water partition coefficient (Wildman–Crippen LogP) is 3.25. The molecule has 0 atom stereocenters. The molecule has 1 aliphatic heterocycles. The summed E-state index contributed by atoms with van der Waals surface area (Å²) < 4.78 is 5.41. The van der Waals surface area contributed by atoms with E-state index in [0.29, 0.717) is 12.2 Å². The number of halogens is 1. The Bertz CT molecular complexity index is 673. The minimum atomic E-state index is -0.456. The lowest BCUT2D eigenvalue weighted by molar-refractivity contribution is -0.384. The van der Waals surface area contributed by atoms with E-state index < -0.39 is 4.92 Å². The number of aromatic nitrogens is 1. The number of pyridine rings is 1. The highest BCUT2D eigenvalue weighted by Gasteiger charge is 2.20. The molecule has 0 spiro atoms. The van der Waals surface area contributed by atoms with Crippen LogP contribution in [0.5, 0.6) is 5.75 Å². The van der Waals surface area contributed by atoms with E-state index in [1.807, 2.05) is 12.1 Å². The van der Waals surface area contributed by atoms with Crippen LogP contribution in [0.2, 0.25) is 5.15 Å². The van der Waals surface area contributed by atoms with Gasteiger partial charge in [0.05, 0.1) is 11.5 Å². The van der Waals surface area contributed by atoms with Crippen molar-refractivity contribution in [1.82, 2.24) is 4.98 Å². The highest BCUT2D eigenvalue weighted by Crippen LogP contribution is 2.34. The van der Waals surface area contributed by atoms with Gasteiger partial charge in [0.25, 0.3) is 5.69 Å². The van der Waals surface area contributed by atoms with Crippen molar-refractivity contribution in [3.63, 3.8) is 0 Å². The zero-order valence-corrected chi connectivity index (χ0v) is 10.6. The lowest BCUT2D eigenvalue weighted by Crippen LogP contribution is -1.95. The van der Waals surface area contributed by atoms with Crippen LogP contribution in [-0.2, 0) is 6.42 Å². The van der Waals surface area contributed by atoms with Crippen LogP contribution >= 0.6 is 11.6 Å². The van der Waals surface area contributed by atoms with Crippen LogP contribution < -0.4 is 4.74 Å². The third kappa shape index (κ3) is 2.13. The predicted molar refractivity (Wildman–Crippen MR) is 70.5 cm³/mol. The number of nitrogens with zero attached hydrogens (tertiary/aromatic N) is 2. The van der Waals surface area contributed by atoms with Gasteiger partial charge in [0.1, 0.15) is 16.6 Å². The van der Waals surface area contributed by atoms with Gasteiger partial charge < -0.3 is 4.74 Å². The smallest absolute Gasteiger partial charge is 0.295 e. The summed E-state index contributed by atoms with van der Waals surface area (Å²) in [4.78, 5) is 14.7. The Hall–Kier alpha value is -2.14. The number of hydrogen-bond acceptors (Lipinski definition) is 4. The van der Waals surface area contributed by atoms with Gasteiger partial charge >= 0.3 is 0 Å². The second-order valence-electron chi connectivity index (χ2n) is 4.18. The maximum Gasteiger partial charge on any atom is 0.295 e. The van der Waals surface area contributed by atoms with Crippen molar-refractivity contribution < 1.29 is 9.66 Å². The van der Waals surface area contributed by atoms with Crippen molar-refractivity contribution in [3.05, 3.63) is 51.2 Å². The summed E-state index contributed by atoms with van der Waals surface area (Å²) in [7, 11) is 0. The molecule has 1 aromatic carbocycles. The Morgan fingerprint density at radius 1 is 1.32 bits per heavy atom. The zero-order chi connectivity index (χ0) is 13.4. The minimum absolute atomic E-state index is 0.0525. The molecule has 3 rings (SSSR count). The molecule has 0 amide bonds. The molecule has 19 heavy (non-hydrogen) atoms. The van der Waals surface area contributed by atoms with Crippen molar-refractivity contribution in [2.45, 2.75) is 6.42 Å². The van der Waals surface area contributed by atoms with E-state index in [9.17, 15) is 10.1 Å². The van der Waals surface area contributed by atoms with Gasteiger partial charge in [-0.15, -0.1) is 0 Å². The van der Waals surface area contributed by atoms with Gasteiger partial charge in [0.2, 0.25) is 0 Å². The first-order chi connectivity index (χ1) is 9.15. The second kappa shape index (κ2) is 4.51. The fourth-order valence-corrected chi connectivity index (χ4v) is 2.27. The number of hydrogen-bond donors (Lipinski definition) is 0. The molecular formula is C13H9ClN2O3. The van der Waals surface area contributed by atoms with Gasteiger partial charge in [-0.25, -0.2) is 4.98 Å². The van der Waals surface area contributed by atoms with Crippen molar-refractivity contribution in [2.75, 3.05) is 6.61 Å². The van der Waals surface area contributed by atoms with Gasteiger partial charge in [-0.1, -0.05) is 11.6 Å². The largest absolute Gasteiger partial charge is 0.493 e. The Labute approximate surface area is 114 Å². The van der Waals surface area contributed by atoms with Crippen LogP contribution in [-0.4, -0.2) is 16.5 Å². The molecule has 2 heterocycles. The Morgan fingerprint density at radius 3 is 2.95 bits per heavy atom. The number of ether oxygens (including phenoxy) is 1. The maximum atomic E-state index is 11.0. The molecule has 1 aromatic heterocycles. The molecular weight excluding hydrogens is 268 g/mol. The van der Waals surface area contributed by atoms with Crippen LogP contribution in [0.25, 0.3) is 11.3 Å². The second-order valence-corrected chi connectivity index (χ2v) is 4.57. The summed E-state index contributed by atoms with van der Waals surface area (Å²) in [5.74, 6) is 0.827. The first-order valence-electron chi connectivity index (χ1n) is 5.72. The summed E-state index contributed by atoms with van der Waals surface area (Å²) in [5.41, 5.74) is 1.95. The average Bonchev–Trinajstić information content (AvgIpc) is 2.85. The third-order valence-electron chi connectivity index (χ3n) is 3.00. The number of benzene rings is 1. The highest BCUT2D eigenvalue weighted by atomic mass is 35.5. The quantitative estimate of drug-likeness (QED) is 0.480. The fraction of sp³-hybridized carbons (Fsp3) is 0.154. The molecule has 0 aliphatic carbocycles. The third-order valence-corrected chi connectivity index (χ3v) is 3.21. The van der Waals surface area contributed by atoms with Gasteiger partial charge in [0.15, 0.2) is 0 Å². The molecule has 1 aliphatic rings. The highest BCUT2D eigenvalue weighted by molar-refractivity contribution is 6.29. The first-order valence-corrected chi connectivity index (χ1v) is 6.10. The lowest BCUT2D eigenvalue weighted by atomic mass is 10.0. The monoisotopic (exact) mass is 276 g/mol. The van der Waals surface area contributed by atoms with E-state index in [4.69, 9.17) is 16.3 Å². The fourth-order valence-electron chi connectivity index (χ4n) is 2.12. The summed E-state index contributed by atoms with van der Waals surface area (Å²) in [6.45, 7) is 0.643. The van der Waals surface area contributed by atoms with Gasteiger partial charge in [-0.2, -0.15) is 0 Å². The zero-order valence-electron chi connectivity index (χ0n) is 9.80. The molecule has 0 fully saturated rings. The van der Waals surface area contributed by atoms with Crippen molar-refractivity contribution in [3.8, 4) is 17.0 Å². The molecule has 5 nitrogen and oxygen atoms in total. The molecule has 0 radical (unpaired) electrons. The van der Waals surface area contributed by atoms with Crippen molar-refractivity contribution in [1.29, 1.82) is 0 Å². The van der Waals surface area contributed by atoms with Crippen LogP contribution in [0.3, 0.4) is 0 Å². The van der Waals surface area contributed by atoms with Gasteiger partial charge in [-0.05, 0) is 29.8 Å². The SMILES string of the molecule is O=[N+]([O-])c1ccc(Cl)nc1-c1ccc2c(c1)CCO2. The summed E-state index contributed by atoms with van der Waals surface area (Å²) in [6, 6.07) is 8.22. The normalized spacial score (nSPS) is 12.9. The Kier molecular flexibility index (Phi) is 2.83. The summed E-state index contributed by atoms with van der Waals surface area (Å²) in [5, 5.41) is 11.3. The number of nitro groups is 1. The van der Waals surface area contributed by atoms with Crippen molar-refractivity contribution >= 4 is 17.3 Å². The van der Waals surface area contributed by atoms with E-state index in [0.717, 1.165) is 17.7 Å². The van der Waals surface area contributed by atoms with Gasteiger partial charge in [-0.3, -0.25) is 10.1 Å². The van der Waals surface area contributed by atoms with E-state index in [1.54, 1.807) is 6.07 Å². The maximum absolute atomic E-state index is 11.0. The molecule has 0 bridgehead atoms. The molecule has 0 saturated carbocycles. The van der Waals surface area contributed by atoms with Crippen LogP contribution in [0, 0.1) is 10.1 Å². The first kappa shape index (κ1) is 11.9. The molecule has 6 heteroatoms. The molecule has 2 aromatic rings. The van der Waals surface area contributed by atoms with Crippen LogP contribution in [0.1, 0.15) is 5.56 Å². The number of rotatable bonds is 2. The van der Waals surface area contributed by atoms with Crippen LogP contribution in [0.4, 0.5) is 5.69 Å². The summed E-state index contributed by atoms with van der Waals surface area (Å²) >= 11 is 5.83. The van der Waals surface area contributed by atoms with E-state index in [2.05, 4.69) is 4.98 Å². The van der Waals surface area contributed by atoms with Crippen LogP contribution in [0.15, 0.2) is 30.3 Å². The van der Waals surface area contributed by atoms with E-state index in [1.165, 1.54) is 12.1 Å². The van der Waals surface area contributed by atoms with E-state index >= 15 is 0 Å². The van der Waals surface area contributed by atoms with E-state index in [-0.39, 0.29) is 16.5 Å². The molecule has 96 valence electrons. The minimum Gasteiger partial charge on any atom is -0.493 e. The number of fused-ring (bicyclic) bond motifs is 1. The Balaban J connectivity index is 2.16. The lowest BCUT2D eigenvalue weighted by Gasteiger charge is -2.05. The molecule has 0 saturated heterocycles. The molecule has 0 unspecified atom stereocenters. The summed E-state index contributed by atoms with van der Waals surface area (Å²) in [6.07, 6.45) is 0.803.